The lowest BCUT2D eigenvalue weighted by atomic mass is 9.96. The molecule has 24 heavy (non-hydrogen) atoms. The fourth-order valence-corrected chi connectivity index (χ4v) is 6.88. The molecule has 0 saturated heterocycles. The summed E-state index contributed by atoms with van der Waals surface area (Å²) in [4.78, 5) is 0. The van der Waals surface area contributed by atoms with E-state index in [4.69, 9.17) is 5.14 Å². The standard InChI is InChI=1S/C10H16N2O9S3/c1-3-10(16,17)6(12-9(2,14)15)4-5(13)8(24(11,20)21)22-7(4)23(3,18)19/h3,6,12-17H,1-2H3,(H2,11,20,21). The number of hydrogen-bond donors (Lipinski definition) is 7. The van der Waals surface area contributed by atoms with Gasteiger partial charge < -0.3 is 25.5 Å². The first kappa shape index (κ1) is 19.5. The van der Waals surface area contributed by atoms with Crippen molar-refractivity contribution in [3.05, 3.63) is 5.56 Å². The summed E-state index contributed by atoms with van der Waals surface area (Å²) in [6.45, 7) is 1.74. The highest BCUT2D eigenvalue weighted by atomic mass is 32.3. The molecule has 0 bridgehead atoms. The zero-order chi connectivity index (χ0) is 18.9. The van der Waals surface area contributed by atoms with Gasteiger partial charge in [0.25, 0.3) is 10.0 Å². The maximum Gasteiger partial charge on any atom is 0.251 e. The Kier molecular flexibility index (Phi) is 4.32. The SMILES string of the molecule is CC1C(O)(O)C(NC(C)(O)O)c2c(sc(S(N)(=O)=O)c2O)S1(=O)=O. The van der Waals surface area contributed by atoms with Crippen LogP contribution in [0.1, 0.15) is 25.5 Å². The van der Waals surface area contributed by atoms with Crippen LogP contribution in [0.4, 0.5) is 0 Å². The highest BCUT2D eigenvalue weighted by Crippen LogP contribution is 2.52. The van der Waals surface area contributed by atoms with Gasteiger partial charge in [-0.1, -0.05) is 0 Å². The normalized spacial score (nSPS) is 26.1. The average Bonchev–Trinajstić information content (AvgIpc) is 2.70. The number of thiophene rings is 1. The van der Waals surface area contributed by atoms with Gasteiger partial charge in [-0.25, -0.2) is 22.0 Å². The van der Waals surface area contributed by atoms with E-state index < -0.39 is 62.6 Å². The number of nitrogens with two attached hydrogens (primary N) is 1. The van der Waals surface area contributed by atoms with Crippen molar-refractivity contribution in [2.45, 2.75) is 45.3 Å². The van der Waals surface area contributed by atoms with Gasteiger partial charge in [-0.2, -0.15) is 0 Å². The van der Waals surface area contributed by atoms with E-state index in [2.05, 4.69) is 0 Å². The maximum atomic E-state index is 12.4. The predicted octanol–water partition coefficient (Wildman–Crippen LogP) is -2.75. The van der Waals surface area contributed by atoms with Gasteiger partial charge in [0.15, 0.2) is 19.8 Å². The van der Waals surface area contributed by atoms with Gasteiger partial charge in [0.2, 0.25) is 11.7 Å². The Balaban J connectivity index is 2.88. The molecule has 1 aromatic rings. The van der Waals surface area contributed by atoms with Crippen molar-refractivity contribution in [3.63, 3.8) is 0 Å². The van der Waals surface area contributed by atoms with Crippen LogP contribution in [0.5, 0.6) is 5.75 Å². The number of aromatic hydroxyl groups is 1. The molecule has 1 aliphatic rings. The van der Waals surface area contributed by atoms with Crippen LogP contribution >= 0.6 is 11.3 Å². The Morgan fingerprint density at radius 1 is 1.33 bits per heavy atom. The summed E-state index contributed by atoms with van der Waals surface area (Å²) in [7, 11) is -8.96. The molecule has 2 rings (SSSR count). The molecule has 8 N–H and O–H groups in total. The molecule has 0 aromatic carbocycles. The van der Waals surface area contributed by atoms with Crippen molar-refractivity contribution in [2.75, 3.05) is 0 Å². The number of sulfone groups is 1. The van der Waals surface area contributed by atoms with Crippen molar-refractivity contribution < 1.29 is 42.4 Å². The van der Waals surface area contributed by atoms with Crippen LogP contribution in [0, 0.1) is 0 Å². The molecule has 1 aliphatic heterocycles. The van der Waals surface area contributed by atoms with Gasteiger partial charge in [0.1, 0.15) is 9.46 Å². The summed E-state index contributed by atoms with van der Waals surface area (Å²) in [6, 6.07) is -1.93. The summed E-state index contributed by atoms with van der Waals surface area (Å²) in [5, 5.41) is 54.4. The molecular formula is C10H16N2O9S3. The molecule has 0 saturated carbocycles. The van der Waals surface area contributed by atoms with Gasteiger partial charge in [0, 0.05) is 12.5 Å². The second-order valence-corrected chi connectivity index (χ2v) is 10.8. The van der Waals surface area contributed by atoms with Gasteiger partial charge in [0.05, 0.1) is 6.04 Å². The van der Waals surface area contributed by atoms with E-state index in [0.29, 0.717) is 0 Å². The smallest absolute Gasteiger partial charge is 0.251 e. The number of hydrogen-bond acceptors (Lipinski definition) is 11. The van der Waals surface area contributed by atoms with Crippen LogP contribution in [-0.4, -0.2) is 59.3 Å². The molecule has 0 fully saturated rings. The fraction of sp³-hybridized carbons (Fsp3) is 0.600. The van der Waals surface area contributed by atoms with Gasteiger partial charge >= 0.3 is 0 Å². The van der Waals surface area contributed by atoms with E-state index in [1.807, 2.05) is 5.32 Å². The van der Waals surface area contributed by atoms with Crippen LogP contribution in [0.25, 0.3) is 0 Å². The lowest BCUT2D eigenvalue weighted by Gasteiger charge is -2.41. The molecule has 14 heteroatoms. The molecule has 2 heterocycles. The molecule has 138 valence electrons. The maximum absolute atomic E-state index is 12.4. The average molecular weight is 404 g/mol. The van der Waals surface area contributed by atoms with Gasteiger partial charge in [-0.3, -0.25) is 5.32 Å². The van der Waals surface area contributed by atoms with Crippen molar-refractivity contribution in [1.82, 2.24) is 5.32 Å². The lowest BCUT2D eigenvalue weighted by molar-refractivity contribution is -0.234. The van der Waals surface area contributed by atoms with E-state index in [1.165, 1.54) is 0 Å². The number of sulfonamides is 1. The first-order valence-corrected chi connectivity index (χ1v) is 10.2. The quantitative estimate of drug-likeness (QED) is 0.258. The third kappa shape index (κ3) is 2.93. The summed E-state index contributed by atoms with van der Waals surface area (Å²) < 4.78 is 46.3. The van der Waals surface area contributed by atoms with Crippen molar-refractivity contribution in [2.24, 2.45) is 5.14 Å². The van der Waals surface area contributed by atoms with E-state index in [1.54, 1.807) is 0 Å². The zero-order valence-electron chi connectivity index (χ0n) is 12.3. The minimum atomic E-state index is -4.51. The second kappa shape index (κ2) is 5.33. The van der Waals surface area contributed by atoms with Crippen LogP contribution in [-0.2, 0) is 19.9 Å². The van der Waals surface area contributed by atoms with Crippen molar-refractivity contribution in [3.8, 4) is 5.75 Å². The topological polar surface area (TPSA) is 207 Å². The molecule has 0 radical (unpaired) electrons. The first-order valence-electron chi connectivity index (χ1n) is 6.30. The minimum Gasteiger partial charge on any atom is -0.505 e. The molecule has 1 aromatic heterocycles. The second-order valence-electron chi connectivity index (χ2n) is 5.55. The number of aliphatic hydroxyl groups is 4. The number of nitrogens with one attached hydrogen (secondary N) is 1. The highest BCUT2D eigenvalue weighted by molar-refractivity contribution is 7.95. The largest absolute Gasteiger partial charge is 0.505 e. The molecule has 0 aliphatic carbocycles. The Morgan fingerprint density at radius 2 is 1.83 bits per heavy atom. The number of rotatable bonds is 3. The Bertz CT molecular complexity index is 879. The van der Waals surface area contributed by atoms with E-state index in [9.17, 15) is 42.4 Å². The molecule has 0 amide bonds. The van der Waals surface area contributed by atoms with E-state index >= 15 is 0 Å². The van der Waals surface area contributed by atoms with Crippen LogP contribution in [0.15, 0.2) is 8.42 Å². The van der Waals surface area contributed by atoms with Crippen LogP contribution < -0.4 is 10.5 Å². The number of primary sulfonamides is 1. The van der Waals surface area contributed by atoms with Crippen LogP contribution in [0.3, 0.4) is 0 Å². The monoisotopic (exact) mass is 404 g/mol. The summed E-state index contributed by atoms with van der Waals surface area (Å²) in [5.74, 6) is -6.90. The zero-order valence-corrected chi connectivity index (χ0v) is 14.8. The molecule has 2 unspecified atom stereocenters. The fourth-order valence-electron chi connectivity index (χ4n) is 2.34. The summed E-state index contributed by atoms with van der Waals surface area (Å²) in [6.07, 6.45) is 0. The molecular weight excluding hydrogens is 388 g/mol. The van der Waals surface area contributed by atoms with Crippen molar-refractivity contribution in [1.29, 1.82) is 0 Å². The minimum absolute atomic E-state index is 0.134. The predicted molar refractivity (Wildman–Crippen MR) is 79.9 cm³/mol. The molecule has 2 atom stereocenters. The lowest BCUT2D eigenvalue weighted by Crippen LogP contribution is -2.60. The third-order valence-corrected chi connectivity index (χ3v) is 8.97. The Hall–Kier alpha value is -0.840. The van der Waals surface area contributed by atoms with Crippen LogP contribution in [0.2, 0.25) is 0 Å². The van der Waals surface area contributed by atoms with E-state index in [-0.39, 0.29) is 11.3 Å². The Labute approximate surface area is 141 Å². The summed E-state index contributed by atoms with van der Waals surface area (Å²) >= 11 is 0.134. The van der Waals surface area contributed by atoms with E-state index in [0.717, 1.165) is 13.8 Å². The van der Waals surface area contributed by atoms with Gasteiger partial charge in [-0.15, -0.1) is 11.3 Å². The first-order chi connectivity index (χ1) is 10.5. The summed E-state index contributed by atoms with van der Waals surface area (Å²) in [5.41, 5.74) is -0.721. The molecule has 0 spiro atoms. The van der Waals surface area contributed by atoms with Gasteiger partial charge in [-0.05, 0) is 6.92 Å². The molecule has 11 nitrogen and oxygen atoms in total. The number of fused-ring (bicyclic) bond motifs is 1. The highest BCUT2D eigenvalue weighted by Gasteiger charge is 2.57. The Morgan fingerprint density at radius 3 is 2.25 bits per heavy atom. The third-order valence-electron chi connectivity index (χ3n) is 3.57. The van der Waals surface area contributed by atoms with Crippen molar-refractivity contribution >= 4 is 31.2 Å².